The Morgan fingerprint density at radius 3 is 2.67 bits per heavy atom. The number of hydrogen-bond acceptors (Lipinski definition) is 3. The maximum atomic E-state index is 12.5. The third-order valence-corrected chi connectivity index (χ3v) is 4.78. The number of methoxy groups -OCH3 is 1. The number of benzene rings is 1. The normalized spacial score (nSPS) is 17.5. The quantitative estimate of drug-likeness (QED) is 0.870. The number of halogens is 1. The summed E-state index contributed by atoms with van der Waals surface area (Å²) in [6, 6.07) is 5.40. The Morgan fingerprint density at radius 1 is 1.33 bits per heavy atom. The lowest BCUT2D eigenvalue weighted by atomic mass is 9.70. The van der Waals surface area contributed by atoms with Crippen LogP contribution in [0.5, 0.6) is 5.75 Å². The summed E-state index contributed by atoms with van der Waals surface area (Å²) in [6.45, 7) is 0.603. The first-order chi connectivity index (χ1) is 10.1. The molecule has 1 aromatic carbocycles. The molecular weight excluding hydrogens is 286 g/mol. The molecule has 0 bridgehead atoms. The summed E-state index contributed by atoms with van der Waals surface area (Å²) in [4.78, 5) is 12.5. The van der Waals surface area contributed by atoms with Crippen molar-refractivity contribution in [1.29, 1.82) is 0 Å². The standard InChI is InChI=1S/C17H24ClNO2/c1-21-16-6-5-14(18)9-13(16)10-15(20)11-17(12-19)7-3-2-4-8-17/h5-6,9H,2-4,7-8,10-12,19H2,1H3. The number of hydrogen-bond donors (Lipinski definition) is 1. The van der Waals surface area contributed by atoms with Crippen LogP contribution in [0.2, 0.25) is 5.02 Å². The highest BCUT2D eigenvalue weighted by Crippen LogP contribution is 2.39. The van der Waals surface area contributed by atoms with Crippen molar-refractivity contribution in [2.45, 2.75) is 44.9 Å². The van der Waals surface area contributed by atoms with Gasteiger partial charge >= 0.3 is 0 Å². The molecule has 4 heteroatoms. The summed E-state index contributed by atoms with van der Waals surface area (Å²) in [5, 5.41) is 0.629. The first kappa shape index (κ1) is 16.3. The maximum absolute atomic E-state index is 12.5. The predicted octanol–water partition coefficient (Wildman–Crippen LogP) is 3.76. The molecule has 2 rings (SSSR count). The number of carbonyl (C=O) groups is 1. The average Bonchev–Trinajstić information content (AvgIpc) is 2.48. The molecule has 0 aliphatic heterocycles. The maximum Gasteiger partial charge on any atom is 0.138 e. The first-order valence-electron chi connectivity index (χ1n) is 7.63. The van der Waals surface area contributed by atoms with Crippen LogP contribution >= 0.6 is 11.6 Å². The third kappa shape index (κ3) is 4.21. The Bertz CT molecular complexity index is 496. The number of nitrogens with two attached hydrogens (primary N) is 1. The molecule has 1 saturated carbocycles. The SMILES string of the molecule is COc1ccc(Cl)cc1CC(=O)CC1(CN)CCCCC1. The van der Waals surface area contributed by atoms with E-state index in [2.05, 4.69) is 0 Å². The highest BCUT2D eigenvalue weighted by molar-refractivity contribution is 6.30. The molecule has 0 spiro atoms. The van der Waals surface area contributed by atoms with Gasteiger partial charge < -0.3 is 10.5 Å². The van der Waals surface area contributed by atoms with Crippen molar-refractivity contribution in [3.63, 3.8) is 0 Å². The Balaban J connectivity index is 2.05. The van der Waals surface area contributed by atoms with E-state index < -0.39 is 0 Å². The number of Topliss-reactive ketones (excluding diaryl/α,β-unsaturated/α-hetero) is 1. The van der Waals surface area contributed by atoms with Crippen LogP contribution < -0.4 is 10.5 Å². The zero-order valence-corrected chi connectivity index (χ0v) is 13.4. The molecule has 0 aromatic heterocycles. The Labute approximate surface area is 131 Å². The van der Waals surface area contributed by atoms with E-state index in [-0.39, 0.29) is 11.2 Å². The van der Waals surface area contributed by atoms with E-state index in [1.165, 1.54) is 19.3 Å². The number of ether oxygens (including phenoxy) is 1. The van der Waals surface area contributed by atoms with Crippen LogP contribution in [0.4, 0.5) is 0 Å². The lowest BCUT2D eigenvalue weighted by Gasteiger charge is -2.35. The van der Waals surface area contributed by atoms with E-state index in [1.54, 1.807) is 13.2 Å². The van der Waals surface area contributed by atoms with Gasteiger partial charge in [0.05, 0.1) is 7.11 Å². The van der Waals surface area contributed by atoms with Crippen LogP contribution in [0.3, 0.4) is 0 Å². The largest absolute Gasteiger partial charge is 0.496 e. The summed E-state index contributed by atoms with van der Waals surface area (Å²) in [6.07, 6.45) is 6.71. The van der Waals surface area contributed by atoms with Crippen LogP contribution in [0.15, 0.2) is 18.2 Å². The highest BCUT2D eigenvalue weighted by Gasteiger charge is 2.32. The Kier molecular flexibility index (Phi) is 5.65. The molecule has 0 saturated heterocycles. The predicted molar refractivity (Wildman–Crippen MR) is 85.9 cm³/mol. The molecule has 0 heterocycles. The topological polar surface area (TPSA) is 52.3 Å². The molecule has 2 N–H and O–H groups in total. The van der Waals surface area contributed by atoms with Crippen molar-refractivity contribution >= 4 is 17.4 Å². The highest BCUT2D eigenvalue weighted by atomic mass is 35.5. The van der Waals surface area contributed by atoms with Crippen molar-refractivity contribution in [2.24, 2.45) is 11.1 Å². The lowest BCUT2D eigenvalue weighted by molar-refractivity contribution is -0.121. The number of rotatable bonds is 6. The van der Waals surface area contributed by atoms with Crippen LogP contribution in [0, 0.1) is 5.41 Å². The van der Waals surface area contributed by atoms with Crippen LogP contribution in [0.25, 0.3) is 0 Å². The number of ketones is 1. The minimum Gasteiger partial charge on any atom is -0.496 e. The first-order valence-corrected chi connectivity index (χ1v) is 8.00. The third-order valence-electron chi connectivity index (χ3n) is 4.55. The summed E-state index contributed by atoms with van der Waals surface area (Å²) >= 11 is 6.02. The average molecular weight is 310 g/mol. The zero-order valence-electron chi connectivity index (χ0n) is 12.7. The molecule has 1 aliphatic carbocycles. The van der Waals surface area contributed by atoms with Gasteiger partial charge in [-0.05, 0) is 43.0 Å². The van der Waals surface area contributed by atoms with Crippen molar-refractivity contribution in [2.75, 3.05) is 13.7 Å². The van der Waals surface area contributed by atoms with Gasteiger partial charge in [-0.1, -0.05) is 30.9 Å². The Hall–Kier alpha value is -1.06. The second kappa shape index (κ2) is 7.28. The van der Waals surface area contributed by atoms with Gasteiger partial charge in [0.15, 0.2) is 0 Å². The van der Waals surface area contributed by atoms with E-state index in [1.807, 2.05) is 12.1 Å². The molecule has 1 fully saturated rings. The second-order valence-electron chi connectivity index (χ2n) is 6.11. The fourth-order valence-electron chi connectivity index (χ4n) is 3.33. The summed E-state index contributed by atoms with van der Waals surface area (Å²) in [7, 11) is 1.61. The van der Waals surface area contributed by atoms with E-state index in [0.717, 1.165) is 24.2 Å². The van der Waals surface area contributed by atoms with E-state index in [4.69, 9.17) is 22.1 Å². The molecule has 21 heavy (non-hydrogen) atoms. The summed E-state index contributed by atoms with van der Waals surface area (Å²) in [5.74, 6) is 0.945. The van der Waals surface area contributed by atoms with Crippen molar-refractivity contribution in [1.82, 2.24) is 0 Å². The van der Waals surface area contributed by atoms with Crippen molar-refractivity contribution < 1.29 is 9.53 Å². The van der Waals surface area contributed by atoms with Gasteiger partial charge in [-0.2, -0.15) is 0 Å². The fraction of sp³-hybridized carbons (Fsp3) is 0.588. The van der Waals surface area contributed by atoms with Crippen molar-refractivity contribution in [3.8, 4) is 5.75 Å². The molecule has 0 unspecified atom stereocenters. The molecule has 116 valence electrons. The van der Waals surface area contributed by atoms with E-state index >= 15 is 0 Å². The van der Waals surface area contributed by atoms with Gasteiger partial charge in [0.2, 0.25) is 0 Å². The molecular formula is C17H24ClNO2. The van der Waals surface area contributed by atoms with Crippen LogP contribution in [-0.4, -0.2) is 19.4 Å². The molecule has 0 radical (unpaired) electrons. The van der Waals surface area contributed by atoms with Gasteiger partial charge in [0.1, 0.15) is 11.5 Å². The molecule has 1 aliphatic rings. The van der Waals surface area contributed by atoms with E-state index in [0.29, 0.717) is 24.4 Å². The molecule has 0 amide bonds. The van der Waals surface area contributed by atoms with Gasteiger partial charge in [-0.15, -0.1) is 0 Å². The Morgan fingerprint density at radius 2 is 2.05 bits per heavy atom. The molecule has 3 nitrogen and oxygen atoms in total. The fourth-order valence-corrected chi connectivity index (χ4v) is 3.53. The van der Waals surface area contributed by atoms with Gasteiger partial charge in [0.25, 0.3) is 0 Å². The minimum absolute atomic E-state index is 0.0150. The molecule has 0 atom stereocenters. The lowest BCUT2D eigenvalue weighted by Crippen LogP contribution is -2.35. The minimum atomic E-state index is 0.0150. The van der Waals surface area contributed by atoms with Crippen LogP contribution in [0.1, 0.15) is 44.1 Å². The monoisotopic (exact) mass is 309 g/mol. The van der Waals surface area contributed by atoms with E-state index in [9.17, 15) is 4.79 Å². The van der Waals surface area contributed by atoms with Gasteiger partial charge in [0, 0.05) is 23.4 Å². The molecule has 1 aromatic rings. The summed E-state index contributed by atoms with van der Waals surface area (Å²) < 4.78 is 5.31. The number of carbonyl (C=O) groups excluding carboxylic acids is 1. The summed E-state index contributed by atoms with van der Waals surface area (Å²) in [5.41, 5.74) is 6.84. The second-order valence-corrected chi connectivity index (χ2v) is 6.55. The van der Waals surface area contributed by atoms with Crippen molar-refractivity contribution in [3.05, 3.63) is 28.8 Å². The van der Waals surface area contributed by atoms with Crippen LogP contribution in [-0.2, 0) is 11.2 Å². The van der Waals surface area contributed by atoms with Gasteiger partial charge in [-0.3, -0.25) is 4.79 Å². The zero-order chi connectivity index (χ0) is 15.3. The smallest absolute Gasteiger partial charge is 0.138 e. The van der Waals surface area contributed by atoms with Gasteiger partial charge in [-0.25, -0.2) is 0 Å².